The number of benzene rings is 2. The molecule has 0 saturated heterocycles. The van der Waals surface area contributed by atoms with Gasteiger partial charge in [0.05, 0.1) is 42.7 Å². The smallest absolute Gasteiger partial charge is 0.867 e. The molecule has 3 aromatic rings. The van der Waals surface area contributed by atoms with E-state index in [0.29, 0.717) is 17.1 Å². The van der Waals surface area contributed by atoms with Crippen LogP contribution in [-0.4, -0.2) is 42.7 Å². The molecule has 0 fully saturated rings. The average molecular weight is 456 g/mol. The summed E-state index contributed by atoms with van der Waals surface area (Å²) >= 11 is 0. The van der Waals surface area contributed by atoms with Gasteiger partial charge in [0, 0.05) is 5.56 Å². The summed E-state index contributed by atoms with van der Waals surface area (Å²) in [6.07, 6.45) is 0. The Balaban J connectivity index is 0.00000341. The van der Waals surface area contributed by atoms with Crippen LogP contribution in [0.25, 0.3) is 22.3 Å². The van der Waals surface area contributed by atoms with Crippen molar-refractivity contribution in [2.75, 3.05) is 42.7 Å². The summed E-state index contributed by atoms with van der Waals surface area (Å²) in [4.78, 5) is 13.1. The maximum atomic E-state index is 13.1. The molecule has 0 atom stereocenters. The number of hydrogen-bond donors (Lipinski definition) is 0. The van der Waals surface area contributed by atoms with Crippen LogP contribution in [0.15, 0.2) is 27.4 Å². The Labute approximate surface area is 221 Å². The van der Waals surface area contributed by atoms with Gasteiger partial charge in [-0.15, -0.1) is 0 Å². The largest absolute Gasteiger partial charge is 1.00 e. The normalized spacial score (nSPS) is 10.3. The van der Waals surface area contributed by atoms with E-state index in [4.69, 9.17) is 32.8 Å². The number of ether oxygens (including phenoxy) is 6. The van der Waals surface area contributed by atoms with Crippen molar-refractivity contribution in [2.24, 2.45) is 0 Å². The molecule has 1 heterocycles. The molecule has 31 heavy (non-hydrogen) atoms. The van der Waals surface area contributed by atoms with Gasteiger partial charge in [0.2, 0.25) is 17.2 Å². The van der Waals surface area contributed by atoms with E-state index < -0.39 is 11.2 Å². The predicted molar refractivity (Wildman–Crippen MR) is 107 cm³/mol. The molecule has 0 unspecified atom stereocenters. The fourth-order valence-electron chi connectivity index (χ4n) is 3.23. The minimum Gasteiger partial charge on any atom is -0.867 e. The first kappa shape index (κ1) is 25.1. The quantitative estimate of drug-likeness (QED) is 0.438. The van der Waals surface area contributed by atoms with Crippen molar-refractivity contribution in [2.45, 2.75) is 0 Å². The first-order valence-corrected chi connectivity index (χ1v) is 8.73. The van der Waals surface area contributed by atoms with Gasteiger partial charge in [0.25, 0.3) is 0 Å². The summed E-state index contributed by atoms with van der Waals surface area (Å²) in [7, 11) is 8.45. The van der Waals surface area contributed by atoms with Crippen LogP contribution < -0.4 is 90.3 Å². The van der Waals surface area contributed by atoms with E-state index in [9.17, 15) is 9.90 Å². The van der Waals surface area contributed by atoms with Gasteiger partial charge in [-0.1, -0.05) is 0 Å². The van der Waals surface area contributed by atoms with Gasteiger partial charge in [0.15, 0.2) is 28.3 Å². The Kier molecular flexibility index (Phi) is 8.49. The molecule has 0 amide bonds. The second kappa shape index (κ2) is 10.5. The van der Waals surface area contributed by atoms with Gasteiger partial charge in [-0.2, -0.15) is 0 Å². The maximum Gasteiger partial charge on any atom is 1.00 e. The molecule has 1 aromatic heterocycles. The second-order valence-corrected chi connectivity index (χ2v) is 6.00. The first-order valence-electron chi connectivity index (χ1n) is 8.73. The Morgan fingerprint density at radius 3 is 1.81 bits per heavy atom. The van der Waals surface area contributed by atoms with Crippen LogP contribution in [0.1, 0.15) is 0 Å². The number of methoxy groups -OCH3 is 6. The SMILES string of the molecule is COc1ccc(-c2oc3c(OC)c(OC)c(OC)c(OC)c3c(=O)c2[O-])cc1OC.[K+]. The van der Waals surface area contributed by atoms with Crippen molar-refractivity contribution in [3.8, 4) is 51.6 Å². The number of rotatable bonds is 7. The molecule has 0 N–H and O–H groups in total. The summed E-state index contributed by atoms with van der Waals surface area (Å²) in [5, 5.41) is 12.8. The van der Waals surface area contributed by atoms with E-state index in [-0.39, 0.29) is 91.1 Å². The van der Waals surface area contributed by atoms with Crippen LogP contribution in [0.2, 0.25) is 0 Å². The summed E-state index contributed by atoms with van der Waals surface area (Å²) in [6.45, 7) is 0. The molecule has 0 saturated carbocycles. The molecule has 160 valence electrons. The van der Waals surface area contributed by atoms with Crippen molar-refractivity contribution in [3.05, 3.63) is 28.4 Å². The standard InChI is InChI=1S/C21H22O9.K/c1-24-11-8-7-10(9-12(11)25-2)16-15(23)14(22)13-17(26-3)19(27-4)21(29-6)20(28-5)18(13)30-16;/h7-9,23H,1-6H3;/q;+1/p-1. The van der Waals surface area contributed by atoms with Crippen molar-refractivity contribution in [1.82, 2.24) is 0 Å². The van der Waals surface area contributed by atoms with Crippen LogP contribution in [-0.2, 0) is 0 Å². The topological polar surface area (TPSA) is 109 Å². The number of fused-ring (bicyclic) bond motifs is 1. The molecule has 0 aliphatic heterocycles. The fourth-order valence-corrected chi connectivity index (χ4v) is 3.23. The van der Waals surface area contributed by atoms with Gasteiger partial charge in [-0.25, -0.2) is 0 Å². The predicted octanol–water partition coefficient (Wildman–Crippen LogP) is -0.411. The first-order chi connectivity index (χ1) is 14.5. The van der Waals surface area contributed by atoms with Gasteiger partial charge in [-0.05, 0) is 23.9 Å². The van der Waals surface area contributed by atoms with Crippen molar-refractivity contribution in [1.29, 1.82) is 0 Å². The summed E-state index contributed by atoms with van der Waals surface area (Å²) in [5.41, 5.74) is -0.522. The minimum absolute atomic E-state index is 0. The van der Waals surface area contributed by atoms with E-state index in [1.165, 1.54) is 48.7 Å². The minimum atomic E-state index is -0.859. The Hall–Kier alpha value is -2.11. The molecule has 2 aromatic carbocycles. The van der Waals surface area contributed by atoms with Crippen LogP contribution in [0.5, 0.6) is 40.2 Å². The average Bonchev–Trinajstić information content (AvgIpc) is 2.78. The monoisotopic (exact) mass is 456 g/mol. The van der Waals surface area contributed by atoms with E-state index >= 15 is 0 Å². The zero-order chi connectivity index (χ0) is 22.0. The third-order valence-electron chi connectivity index (χ3n) is 4.58. The van der Waals surface area contributed by atoms with Crippen molar-refractivity contribution >= 4 is 11.0 Å². The zero-order valence-electron chi connectivity index (χ0n) is 18.4. The third kappa shape index (κ3) is 4.18. The molecule has 0 spiro atoms. The Morgan fingerprint density at radius 1 is 0.742 bits per heavy atom. The fraction of sp³-hybridized carbons (Fsp3) is 0.286. The third-order valence-corrected chi connectivity index (χ3v) is 4.58. The molecule has 3 rings (SSSR count). The van der Waals surface area contributed by atoms with Crippen molar-refractivity contribution < 1.29 is 89.3 Å². The Morgan fingerprint density at radius 2 is 1.29 bits per heavy atom. The molecule has 0 aliphatic carbocycles. The molecule has 0 aliphatic rings. The Bertz CT molecular complexity index is 1150. The summed E-state index contributed by atoms with van der Waals surface area (Å²) in [5.74, 6) is 0.137. The van der Waals surface area contributed by atoms with E-state index in [0.717, 1.165) is 0 Å². The van der Waals surface area contributed by atoms with Crippen molar-refractivity contribution in [3.63, 3.8) is 0 Å². The molecule has 9 nitrogen and oxygen atoms in total. The van der Waals surface area contributed by atoms with Crippen LogP contribution in [0.3, 0.4) is 0 Å². The molecule has 10 heteroatoms. The maximum absolute atomic E-state index is 13.1. The molecular formula is C21H21KO9. The van der Waals surface area contributed by atoms with Crippen LogP contribution in [0.4, 0.5) is 0 Å². The van der Waals surface area contributed by atoms with Crippen LogP contribution in [0, 0.1) is 0 Å². The molecule has 0 bridgehead atoms. The molecular weight excluding hydrogens is 435 g/mol. The number of hydrogen-bond acceptors (Lipinski definition) is 9. The van der Waals surface area contributed by atoms with E-state index in [1.807, 2.05) is 0 Å². The van der Waals surface area contributed by atoms with Gasteiger partial charge in [0.1, 0.15) is 11.1 Å². The summed E-state index contributed by atoms with van der Waals surface area (Å²) in [6, 6.07) is 4.72. The van der Waals surface area contributed by atoms with Gasteiger partial charge >= 0.3 is 51.4 Å². The molecule has 0 radical (unpaired) electrons. The van der Waals surface area contributed by atoms with Gasteiger partial charge in [-0.3, -0.25) is 4.79 Å². The second-order valence-electron chi connectivity index (χ2n) is 6.00. The zero-order valence-corrected chi connectivity index (χ0v) is 21.5. The van der Waals surface area contributed by atoms with Gasteiger partial charge < -0.3 is 37.9 Å². The van der Waals surface area contributed by atoms with E-state index in [1.54, 1.807) is 12.1 Å². The van der Waals surface area contributed by atoms with E-state index in [2.05, 4.69) is 0 Å². The van der Waals surface area contributed by atoms with Crippen LogP contribution >= 0.6 is 0 Å². The summed E-state index contributed by atoms with van der Waals surface area (Å²) < 4.78 is 37.9.